The molecule has 0 aliphatic heterocycles. The third kappa shape index (κ3) is 7.56. The van der Waals surface area contributed by atoms with Crippen LogP contribution in [0.5, 0.6) is 0 Å². The van der Waals surface area contributed by atoms with Crippen LogP contribution >= 0.6 is 0 Å². The van der Waals surface area contributed by atoms with Crippen LogP contribution in [0.2, 0.25) is 10.6 Å². The van der Waals surface area contributed by atoms with Gasteiger partial charge in [-0.3, -0.25) is 0 Å². The second kappa shape index (κ2) is 7.56. The minimum atomic E-state index is 0.787. The van der Waals surface area contributed by atoms with Gasteiger partial charge < -0.3 is 0 Å². The molecule has 0 unspecified atom stereocenters. The molecule has 0 aromatic heterocycles. The van der Waals surface area contributed by atoms with Crippen LogP contribution in [-0.4, -0.2) is 43.3 Å². The third-order valence-electron chi connectivity index (χ3n) is 0.622. The summed E-state index contributed by atoms with van der Waals surface area (Å²) in [6.45, 7) is 0. The van der Waals surface area contributed by atoms with Gasteiger partial charge in [-0.1, -0.05) is 0 Å². The van der Waals surface area contributed by atoms with Crippen molar-refractivity contribution in [1.82, 2.24) is 0 Å². The first-order chi connectivity index (χ1) is 3.41. The molecule has 0 aromatic rings. The Hall–Kier alpha value is 1.56. The van der Waals surface area contributed by atoms with E-state index in [-0.39, 0.29) is 0 Å². The fourth-order valence-corrected chi connectivity index (χ4v) is 2.65. The van der Waals surface area contributed by atoms with Gasteiger partial charge in [-0.25, -0.2) is 0 Å². The van der Waals surface area contributed by atoms with Gasteiger partial charge in [-0.15, -0.1) is 0 Å². The van der Waals surface area contributed by atoms with Gasteiger partial charge in [0.2, 0.25) is 0 Å². The average Bonchev–Trinajstić information content (AvgIpc) is 1.69. The summed E-state index contributed by atoms with van der Waals surface area (Å²) in [6.07, 6.45) is 2.77. The maximum atomic E-state index is 3.05. The quantitative estimate of drug-likeness (QED) is 0.525. The minimum absolute atomic E-state index is 0.787. The fourth-order valence-electron chi connectivity index (χ4n) is 0.263. The molecule has 0 atom stereocenters. The summed E-state index contributed by atoms with van der Waals surface area (Å²) in [4.78, 5) is 0. The average molecular weight is 293 g/mol. The van der Waals surface area contributed by atoms with Crippen LogP contribution < -0.4 is 0 Å². The summed E-state index contributed by atoms with van der Waals surface area (Å²) in [5.41, 5.74) is 0. The first-order valence-electron chi connectivity index (χ1n) is 2.24. The van der Waals surface area contributed by atoms with Crippen LogP contribution in [0.4, 0.5) is 0 Å². The Balaban J connectivity index is 2.45. The van der Waals surface area contributed by atoms with Gasteiger partial charge in [-0.2, -0.15) is 0 Å². The Morgan fingerprint density at radius 2 is 2.14 bits per heavy atom. The van der Waals surface area contributed by atoms with Crippen LogP contribution in [-0.2, 0) is 0 Å². The van der Waals surface area contributed by atoms with Crippen molar-refractivity contribution in [3.63, 3.8) is 0 Å². The zero-order chi connectivity index (χ0) is 5.54. The molecular weight excluding hydrogens is 285 g/mol. The second-order valence-corrected chi connectivity index (χ2v) is 6.01. The van der Waals surface area contributed by atoms with E-state index in [0.29, 0.717) is 0 Å². The zero-order valence-electron chi connectivity index (χ0n) is 4.05. The monoisotopic (exact) mass is 296 g/mol. The Morgan fingerprint density at radius 1 is 1.43 bits per heavy atom. The summed E-state index contributed by atoms with van der Waals surface area (Å²) in [6, 6.07) is 0. The number of hydrogen-bond donors (Lipinski definition) is 0. The molecule has 43 valence electrons. The van der Waals surface area contributed by atoms with Crippen molar-refractivity contribution in [2.45, 2.75) is 23.5 Å². The van der Waals surface area contributed by atoms with Crippen LogP contribution in [0.25, 0.3) is 0 Å². The molecule has 3 heteroatoms. The van der Waals surface area contributed by atoms with Crippen LogP contribution in [0.3, 0.4) is 0 Å². The molecule has 0 amide bonds. The molecule has 0 saturated carbocycles. The predicted octanol–water partition coefficient (Wildman–Crippen LogP) is 0.559. The molecule has 0 aromatic carbocycles. The van der Waals surface area contributed by atoms with Gasteiger partial charge in [0.05, 0.1) is 0 Å². The molecule has 0 N–H and O–H groups in total. The molecule has 0 fully saturated rings. The normalized spacial score (nSPS) is 9.43. The van der Waals surface area contributed by atoms with Gasteiger partial charge in [0.25, 0.3) is 0 Å². The van der Waals surface area contributed by atoms with E-state index < -0.39 is 0 Å². The first-order valence-corrected chi connectivity index (χ1v) is 9.00. The molecule has 0 rings (SSSR count). The van der Waals surface area contributed by atoms with Gasteiger partial charge in [-0.05, 0) is 0 Å². The first kappa shape index (κ1) is 8.56. The van der Waals surface area contributed by atoms with Gasteiger partial charge in [0.15, 0.2) is 0 Å². The third-order valence-corrected chi connectivity index (χ3v) is 4.00. The Morgan fingerprint density at radius 3 is 2.57 bits per heavy atom. The van der Waals surface area contributed by atoms with E-state index in [1.807, 2.05) is 0 Å². The molecular formula is C4H8Se3-. The summed E-state index contributed by atoms with van der Waals surface area (Å²) < 4.78 is 0. The van der Waals surface area contributed by atoms with E-state index in [0.717, 1.165) is 13.1 Å². The van der Waals surface area contributed by atoms with Crippen LogP contribution in [0.1, 0.15) is 12.8 Å². The Labute approximate surface area is 66.5 Å². The number of unbranched alkanes of at least 4 members (excludes halogenated alkanes) is 1. The van der Waals surface area contributed by atoms with Crippen molar-refractivity contribution in [3.8, 4) is 0 Å². The zero-order valence-corrected chi connectivity index (χ0v) is 9.19. The van der Waals surface area contributed by atoms with E-state index in [4.69, 9.17) is 0 Å². The molecule has 0 spiro atoms. The summed E-state index contributed by atoms with van der Waals surface area (Å²) >= 11 is 6.84. The van der Waals surface area contributed by atoms with E-state index in [9.17, 15) is 0 Å². The molecule has 1 radical (unpaired) electrons. The van der Waals surface area contributed by atoms with E-state index in [1.165, 1.54) is 23.5 Å². The number of hydrogen-bond acceptors (Lipinski definition) is 0. The molecule has 0 saturated heterocycles. The molecule has 0 bridgehead atoms. The van der Waals surface area contributed by atoms with Crippen molar-refractivity contribution in [3.05, 3.63) is 0 Å². The van der Waals surface area contributed by atoms with Gasteiger partial charge in [0.1, 0.15) is 0 Å². The standard InChI is InChI=1S/C4H9Se3/c5-3-1-2-4-7-6/h5H,1-4H2/p-1. The number of rotatable bonds is 4. The van der Waals surface area contributed by atoms with Crippen LogP contribution in [0.15, 0.2) is 0 Å². The SMILES string of the molecule is [Se][Se]CCCC[Se-]. The van der Waals surface area contributed by atoms with Crippen molar-refractivity contribution in [1.29, 1.82) is 0 Å². The molecule has 0 heterocycles. The van der Waals surface area contributed by atoms with Gasteiger partial charge in [0, 0.05) is 0 Å². The van der Waals surface area contributed by atoms with E-state index >= 15 is 0 Å². The maximum absolute atomic E-state index is 3.05. The molecule has 0 aliphatic carbocycles. The summed E-state index contributed by atoms with van der Waals surface area (Å²) in [5.74, 6) is 0. The second-order valence-electron chi connectivity index (χ2n) is 1.23. The van der Waals surface area contributed by atoms with Crippen molar-refractivity contribution in [2.75, 3.05) is 0 Å². The fraction of sp³-hybridized carbons (Fsp3) is 1.00. The van der Waals surface area contributed by atoms with Crippen LogP contribution in [0, 0.1) is 0 Å². The molecule has 0 nitrogen and oxygen atoms in total. The summed E-state index contributed by atoms with van der Waals surface area (Å²) in [5, 5.41) is 2.64. The summed E-state index contributed by atoms with van der Waals surface area (Å²) in [7, 11) is 0. The van der Waals surface area contributed by atoms with Crippen molar-refractivity contribution < 1.29 is 0 Å². The van der Waals surface area contributed by atoms with Crippen molar-refractivity contribution >= 4 is 43.3 Å². The molecule has 7 heavy (non-hydrogen) atoms. The Bertz CT molecular complexity index is 26.1. The van der Waals surface area contributed by atoms with E-state index in [2.05, 4.69) is 30.2 Å². The van der Waals surface area contributed by atoms with Crippen molar-refractivity contribution in [2.24, 2.45) is 0 Å². The van der Waals surface area contributed by atoms with Gasteiger partial charge >= 0.3 is 66.8 Å². The Kier molecular flexibility index (Phi) is 9.24. The predicted molar refractivity (Wildman–Crippen MR) is 36.1 cm³/mol. The molecule has 0 aliphatic rings. The van der Waals surface area contributed by atoms with E-state index in [1.54, 1.807) is 0 Å². The topological polar surface area (TPSA) is 0 Å².